The third-order valence-corrected chi connectivity index (χ3v) is 8.81. The predicted octanol–water partition coefficient (Wildman–Crippen LogP) is 8.56. The van der Waals surface area contributed by atoms with Crippen molar-refractivity contribution in [2.24, 2.45) is 0 Å². The number of halogens is 1. The van der Waals surface area contributed by atoms with Gasteiger partial charge in [-0.25, -0.2) is 14.2 Å². The molecule has 0 saturated carbocycles. The Kier molecular flexibility index (Phi) is 9.20. The van der Waals surface area contributed by atoms with Gasteiger partial charge >= 0.3 is 6.09 Å². The van der Waals surface area contributed by atoms with E-state index in [0.717, 1.165) is 16.7 Å². The highest BCUT2D eigenvalue weighted by molar-refractivity contribution is 5.84. The minimum Gasteiger partial charge on any atom is -0.465 e. The van der Waals surface area contributed by atoms with Crippen molar-refractivity contribution in [2.75, 3.05) is 0 Å². The van der Waals surface area contributed by atoms with E-state index in [1.54, 1.807) is 45.0 Å². The van der Waals surface area contributed by atoms with Crippen LogP contribution in [0.1, 0.15) is 61.3 Å². The molecular formula is C41H36FN5O3. The first-order valence-corrected chi connectivity index (χ1v) is 16.2. The van der Waals surface area contributed by atoms with Gasteiger partial charge < -0.3 is 15.4 Å². The monoisotopic (exact) mass is 665 g/mol. The molecular weight excluding hydrogens is 629 g/mol. The lowest BCUT2D eigenvalue weighted by atomic mass is 9.77. The standard InChI is InChI=1S/C41H36FN5O3/c1-40(2,3)47(39(49)50)36(38-44-34-22-21-28(24-35(34)45-38)27-19-20-29(26-43)33(42)23-27)25-37(48)46-41(30-13-7-4-8-14-30,31-15-9-5-10-16-31)32-17-11-6-12-18-32/h4-24,36H,25H2,1-3H3,(H,44,45)(H,46,48)(H,49,50). The van der Waals surface area contributed by atoms with Gasteiger partial charge in [0.2, 0.25) is 5.91 Å². The Balaban J connectivity index is 1.44. The van der Waals surface area contributed by atoms with Crippen molar-refractivity contribution in [1.29, 1.82) is 5.26 Å². The number of hydrogen-bond donors (Lipinski definition) is 3. The fourth-order valence-corrected chi connectivity index (χ4v) is 6.57. The van der Waals surface area contributed by atoms with Gasteiger partial charge in [-0.2, -0.15) is 5.26 Å². The molecule has 1 aromatic heterocycles. The smallest absolute Gasteiger partial charge is 0.408 e. The molecule has 1 unspecified atom stereocenters. The number of aromatic amines is 1. The van der Waals surface area contributed by atoms with Gasteiger partial charge in [0.1, 0.15) is 29.3 Å². The van der Waals surface area contributed by atoms with Crippen LogP contribution in [-0.4, -0.2) is 37.5 Å². The summed E-state index contributed by atoms with van der Waals surface area (Å²) in [5, 5.41) is 23.0. The third kappa shape index (κ3) is 6.56. The molecule has 6 rings (SSSR count). The van der Waals surface area contributed by atoms with Gasteiger partial charge in [0, 0.05) is 5.54 Å². The SMILES string of the molecule is CC(C)(C)N(C(=O)O)C(CC(=O)NC(c1ccccc1)(c1ccccc1)c1ccccc1)c1nc2ccc(-c3ccc(C#N)c(F)c3)cc2[nH]1. The number of nitrogens with one attached hydrogen (secondary N) is 2. The molecule has 8 nitrogen and oxygen atoms in total. The average Bonchev–Trinajstić information content (AvgIpc) is 3.54. The van der Waals surface area contributed by atoms with Gasteiger partial charge in [-0.3, -0.25) is 9.69 Å². The average molecular weight is 666 g/mol. The number of benzene rings is 5. The zero-order valence-corrected chi connectivity index (χ0v) is 27.9. The molecule has 2 amide bonds. The zero-order valence-electron chi connectivity index (χ0n) is 27.9. The van der Waals surface area contributed by atoms with E-state index in [-0.39, 0.29) is 12.0 Å². The second kappa shape index (κ2) is 13.7. The van der Waals surface area contributed by atoms with Crippen molar-refractivity contribution in [3.63, 3.8) is 0 Å². The number of hydrogen-bond acceptors (Lipinski definition) is 4. The lowest BCUT2D eigenvalue weighted by Crippen LogP contribution is -2.51. The summed E-state index contributed by atoms with van der Waals surface area (Å²) in [7, 11) is 0. The van der Waals surface area contributed by atoms with Crippen molar-refractivity contribution >= 4 is 23.0 Å². The topological polar surface area (TPSA) is 122 Å². The van der Waals surface area contributed by atoms with Crippen molar-refractivity contribution in [3.8, 4) is 17.2 Å². The van der Waals surface area contributed by atoms with Crippen LogP contribution in [-0.2, 0) is 10.3 Å². The highest BCUT2D eigenvalue weighted by Gasteiger charge is 2.41. The third-order valence-electron chi connectivity index (χ3n) is 8.81. The van der Waals surface area contributed by atoms with Gasteiger partial charge in [0.25, 0.3) is 0 Å². The molecule has 3 N–H and O–H groups in total. The Hall–Kier alpha value is -6.27. The van der Waals surface area contributed by atoms with Crippen LogP contribution in [0.4, 0.5) is 9.18 Å². The Morgan fingerprint density at radius 3 is 1.84 bits per heavy atom. The molecule has 0 aliphatic heterocycles. The number of rotatable bonds is 9. The number of carbonyl (C=O) groups excluding carboxylic acids is 1. The Morgan fingerprint density at radius 1 is 0.840 bits per heavy atom. The lowest BCUT2D eigenvalue weighted by molar-refractivity contribution is -0.124. The molecule has 0 radical (unpaired) electrons. The number of carbonyl (C=O) groups is 2. The zero-order chi connectivity index (χ0) is 35.5. The fourth-order valence-electron chi connectivity index (χ4n) is 6.57. The van der Waals surface area contributed by atoms with Crippen LogP contribution in [0.25, 0.3) is 22.2 Å². The number of carboxylic acid groups (broad SMARTS) is 1. The minimum atomic E-state index is -1.20. The molecule has 0 aliphatic carbocycles. The fraction of sp³-hybridized carbons (Fsp3) is 0.171. The van der Waals surface area contributed by atoms with Crippen LogP contribution in [0.15, 0.2) is 127 Å². The van der Waals surface area contributed by atoms with Crippen LogP contribution in [0.5, 0.6) is 0 Å². The van der Waals surface area contributed by atoms with Crippen LogP contribution in [0.3, 0.4) is 0 Å². The highest BCUT2D eigenvalue weighted by atomic mass is 19.1. The first-order chi connectivity index (χ1) is 24.0. The van der Waals surface area contributed by atoms with E-state index >= 15 is 0 Å². The van der Waals surface area contributed by atoms with Crippen molar-refractivity contribution in [2.45, 2.75) is 44.3 Å². The number of nitrogens with zero attached hydrogens (tertiary/aromatic N) is 3. The maximum Gasteiger partial charge on any atom is 0.408 e. The van der Waals surface area contributed by atoms with Crippen molar-refractivity contribution in [1.82, 2.24) is 20.2 Å². The number of amides is 2. The molecule has 6 aromatic rings. The maximum atomic E-state index is 14.5. The number of H-pyrrole nitrogens is 1. The second-order valence-electron chi connectivity index (χ2n) is 13.1. The predicted molar refractivity (Wildman–Crippen MR) is 191 cm³/mol. The molecule has 0 fully saturated rings. The van der Waals surface area contributed by atoms with Gasteiger partial charge in [0.15, 0.2) is 0 Å². The molecule has 9 heteroatoms. The summed E-state index contributed by atoms with van der Waals surface area (Å²) in [4.78, 5) is 36.7. The second-order valence-corrected chi connectivity index (χ2v) is 13.1. The Bertz CT molecular complexity index is 2090. The molecule has 0 aliphatic rings. The summed E-state index contributed by atoms with van der Waals surface area (Å²) >= 11 is 0. The molecule has 1 atom stereocenters. The molecule has 0 saturated heterocycles. The lowest BCUT2D eigenvalue weighted by Gasteiger charge is -2.40. The van der Waals surface area contributed by atoms with E-state index < -0.39 is 34.9 Å². The van der Waals surface area contributed by atoms with Crippen LogP contribution < -0.4 is 5.32 Å². The highest BCUT2D eigenvalue weighted by Crippen LogP contribution is 2.38. The van der Waals surface area contributed by atoms with E-state index in [1.807, 2.05) is 97.1 Å². The quantitative estimate of drug-likeness (QED) is 0.134. The van der Waals surface area contributed by atoms with E-state index in [2.05, 4.69) is 10.3 Å². The van der Waals surface area contributed by atoms with Gasteiger partial charge in [-0.15, -0.1) is 0 Å². The molecule has 0 bridgehead atoms. The van der Waals surface area contributed by atoms with Crippen molar-refractivity contribution < 1.29 is 19.1 Å². The summed E-state index contributed by atoms with van der Waals surface area (Å²) in [6.07, 6.45) is -1.45. The minimum absolute atomic E-state index is 0.0495. The van der Waals surface area contributed by atoms with E-state index in [9.17, 15) is 19.1 Å². The Morgan fingerprint density at radius 2 is 1.36 bits per heavy atom. The van der Waals surface area contributed by atoms with E-state index in [1.165, 1.54) is 17.0 Å². The van der Waals surface area contributed by atoms with Gasteiger partial charge in [0.05, 0.1) is 23.0 Å². The summed E-state index contributed by atoms with van der Waals surface area (Å²) < 4.78 is 14.5. The molecule has 250 valence electrons. The first-order valence-electron chi connectivity index (χ1n) is 16.2. The number of fused-ring (bicyclic) bond motifs is 1. The summed E-state index contributed by atoms with van der Waals surface area (Å²) in [5.74, 6) is -0.724. The molecule has 0 spiro atoms. The molecule has 1 heterocycles. The van der Waals surface area contributed by atoms with Gasteiger partial charge in [-0.05, 0) is 72.9 Å². The number of imidazole rings is 1. The van der Waals surface area contributed by atoms with Crippen LogP contribution >= 0.6 is 0 Å². The molecule has 5 aromatic carbocycles. The van der Waals surface area contributed by atoms with Crippen LogP contribution in [0, 0.1) is 17.1 Å². The largest absolute Gasteiger partial charge is 0.465 e. The van der Waals surface area contributed by atoms with E-state index in [4.69, 9.17) is 10.2 Å². The number of nitriles is 1. The maximum absolute atomic E-state index is 14.5. The normalized spacial score (nSPS) is 12.2. The van der Waals surface area contributed by atoms with E-state index in [0.29, 0.717) is 28.0 Å². The summed E-state index contributed by atoms with van der Waals surface area (Å²) in [5.41, 5.74) is 2.83. The van der Waals surface area contributed by atoms with Crippen LogP contribution in [0.2, 0.25) is 0 Å². The summed E-state index contributed by atoms with van der Waals surface area (Å²) in [6.45, 7) is 5.32. The number of aromatic nitrogens is 2. The molecule has 50 heavy (non-hydrogen) atoms. The first kappa shape index (κ1) is 33.6. The Labute approximate surface area is 289 Å². The van der Waals surface area contributed by atoms with Gasteiger partial charge in [-0.1, -0.05) is 103 Å². The van der Waals surface area contributed by atoms with Crippen molar-refractivity contribution in [3.05, 3.63) is 161 Å². The summed E-state index contributed by atoms with van der Waals surface area (Å²) in [6, 6.07) is 39.6.